The molecule has 5 aliphatic rings. The van der Waals surface area contributed by atoms with Crippen molar-refractivity contribution in [1.82, 2.24) is 0 Å². The Morgan fingerprint density at radius 1 is 0.781 bits per heavy atom. The Morgan fingerprint density at radius 2 is 1.50 bits per heavy atom. The van der Waals surface area contributed by atoms with Crippen LogP contribution in [0.4, 0.5) is 0 Å². The van der Waals surface area contributed by atoms with Gasteiger partial charge in [0, 0.05) is 5.41 Å². The Balaban J connectivity index is 1.55. The molecule has 0 saturated heterocycles. The summed E-state index contributed by atoms with van der Waals surface area (Å²) in [5, 5.41) is 10.9. The molecule has 182 valence electrons. The van der Waals surface area contributed by atoms with Crippen LogP contribution in [0.25, 0.3) is 0 Å². The van der Waals surface area contributed by atoms with Crippen LogP contribution in [-0.2, 0) is 4.79 Å². The minimum atomic E-state index is -0.148. The normalized spacial score (nSPS) is 56.7. The number of rotatable bonds is 2. The number of aldehydes is 1. The van der Waals surface area contributed by atoms with Gasteiger partial charge in [0.25, 0.3) is 0 Å². The topological polar surface area (TPSA) is 37.3 Å². The van der Waals surface area contributed by atoms with Gasteiger partial charge in [-0.2, -0.15) is 0 Å². The number of carbonyl (C=O) groups excluding carboxylic acids is 1. The third-order valence-corrected chi connectivity index (χ3v) is 13.6. The van der Waals surface area contributed by atoms with Crippen LogP contribution in [0.5, 0.6) is 0 Å². The number of aliphatic hydroxyl groups is 1. The van der Waals surface area contributed by atoms with E-state index in [1.54, 1.807) is 0 Å². The first-order valence-corrected chi connectivity index (χ1v) is 14.0. The molecule has 0 spiro atoms. The minimum Gasteiger partial charge on any atom is -0.393 e. The van der Waals surface area contributed by atoms with Crippen LogP contribution in [0.1, 0.15) is 113 Å². The molecule has 0 heterocycles. The summed E-state index contributed by atoms with van der Waals surface area (Å²) in [6, 6.07) is 0. The van der Waals surface area contributed by atoms with Crippen molar-refractivity contribution in [1.29, 1.82) is 0 Å². The van der Waals surface area contributed by atoms with Gasteiger partial charge in [0.1, 0.15) is 6.29 Å². The highest BCUT2D eigenvalue weighted by Gasteiger charge is 2.70. The lowest BCUT2D eigenvalue weighted by atomic mass is 9.32. The van der Waals surface area contributed by atoms with Crippen LogP contribution in [0.2, 0.25) is 0 Å². The zero-order chi connectivity index (χ0) is 23.3. The van der Waals surface area contributed by atoms with Crippen LogP contribution in [-0.4, -0.2) is 17.5 Å². The van der Waals surface area contributed by atoms with Crippen molar-refractivity contribution in [3.8, 4) is 0 Å². The second-order valence-corrected chi connectivity index (χ2v) is 14.9. The molecule has 5 fully saturated rings. The number of hydrogen-bond donors (Lipinski definition) is 1. The average Bonchev–Trinajstić information content (AvgIpc) is 3.12. The number of hydrogen-bond acceptors (Lipinski definition) is 2. The summed E-state index contributed by atoms with van der Waals surface area (Å²) in [6.45, 7) is 17.5. The lowest BCUT2D eigenvalue weighted by Gasteiger charge is -2.72. The minimum absolute atomic E-state index is 0.0273. The molecule has 0 aromatic rings. The summed E-state index contributed by atoms with van der Waals surface area (Å²) in [5.41, 5.74) is 1.05. The third kappa shape index (κ3) is 2.66. The largest absolute Gasteiger partial charge is 0.393 e. The van der Waals surface area contributed by atoms with Gasteiger partial charge in [-0.25, -0.2) is 0 Å². The molecule has 1 N–H and O–H groups in total. The van der Waals surface area contributed by atoms with Crippen molar-refractivity contribution in [3.63, 3.8) is 0 Å². The molecule has 0 aromatic carbocycles. The monoisotopic (exact) mass is 442 g/mol. The molecule has 0 radical (unpaired) electrons. The summed E-state index contributed by atoms with van der Waals surface area (Å²) < 4.78 is 0. The third-order valence-electron chi connectivity index (χ3n) is 13.6. The van der Waals surface area contributed by atoms with Gasteiger partial charge in [-0.05, 0) is 121 Å². The molecular formula is C30H50O2. The van der Waals surface area contributed by atoms with Gasteiger partial charge in [-0.1, -0.05) is 48.5 Å². The maximum Gasteiger partial charge on any atom is 0.126 e. The summed E-state index contributed by atoms with van der Waals surface area (Å²) in [5.74, 6) is 4.10. The molecule has 0 aliphatic heterocycles. The summed E-state index contributed by atoms with van der Waals surface area (Å²) in [7, 11) is 0. The van der Waals surface area contributed by atoms with Crippen LogP contribution in [0.15, 0.2) is 0 Å². The van der Waals surface area contributed by atoms with Gasteiger partial charge in [-0.3, -0.25) is 0 Å². The van der Waals surface area contributed by atoms with Crippen molar-refractivity contribution in [2.24, 2.45) is 62.6 Å². The fraction of sp³-hybridized carbons (Fsp3) is 0.967. The molecule has 2 heteroatoms. The second kappa shape index (κ2) is 7.08. The van der Waals surface area contributed by atoms with Crippen LogP contribution in [0, 0.1) is 62.6 Å². The van der Waals surface area contributed by atoms with Gasteiger partial charge >= 0.3 is 0 Å². The quantitative estimate of drug-likeness (QED) is 0.456. The fourth-order valence-corrected chi connectivity index (χ4v) is 11.6. The smallest absolute Gasteiger partial charge is 0.126 e. The Labute approximate surface area is 197 Å². The Morgan fingerprint density at radius 3 is 2.16 bits per heavy atom. The van der Waals surface area contributed by atoms with E-state index in [1.165, 1.54) is 51.2 Å². The lowest BCUT2D eigenvalue weighted by Crippen LogP contribution is -2.66. The number of fused-ring (bicyclic) bond motifs is 7. The fourth-order valence-electron chi connectivity index (χ4n) is 11.6. The predicted octanol–water partition coefficient (Wildman–Crippen LogP) is 7.28. The molecule has 0 bridgehead atoms. The second-order valence-electron chi connectivity index (χ2n) is 14.9. The molecule has 4 unspecified atom stereocenters. The molecule has 5 saturated carbocycles. The zero-order valence-electron chi connectivity index (χ0n) is 22.0. The lowest BCUT2D eigenvalue weighted by molar-refractivity contribution is -0.246. The highest BCUT2D eigenvalue weighted by atomic mass is 16.3. The van der Waals surface area contributed by atoms with E-state index in [4.69, 9.17) is 0 Å². The van der Waals surface area contributed by atoms with E-state index >= 15 is 0 Å². The molecule has 5 rings (SSSR count). The highest BCUT2D eigenvalue weighted by Crippen LogP contribution is 2.77. The standard InChI is InChI=1S/C30H50O2/c1-19(2)20-10-15-30(18-31)17-16-28(6)21(25(20)30)8-9-23-27(5)13-12-24(32)26(3,4)22(27)11-14-29(23,28)7/h18-25,32H,8-17H2,1-7H3/t20-,21?,22?,23?,24-,25?,27-,28+,29+,30+/m0/s1. The van der Waals surface area contributed by atoms with Crippen LogP contribution in [0.3, 0.4) is 0 Å². The van der Waals surface area contributed by atoms with Gasteiger partial charge in [-0.15, -0.1) is 0 Å². The van der Waals surface area contributed by atoms with Crippen molar-refractivity contribution in [2.45, 2.75) is 119 Å². The van der Waals surface area contributed by atoms with Crippen LogP contribution < -0.4 is 0 Å². The molecule has 2 nitrogen and oxygen atoms in total. The van der Waals surface area contributed by atoms with E-state index in [-0.39, 0.29) is 16.9 Å². The molecule has 5 aliphatic carbocycles. The summed E-state index contributed by atoms with van der Waals surface area (Å²) in [4.78, 5) is 12.6. The molecule has 32 heavy (non-hydrogen) atoms. The van der Waals surface area contributed by atoms with E-state index in [0.717, 1.165) is 31.1 Å². The number of aliphatic hydroxyl groups excluding tert-OH is 1. The van der Waals surface area contributed by atoms with E-state index in [9.17, 15) is 9.90 Å². The first kappa shape index (κ1) is 23.4. The van der Waals surface area contributed by atoms with Crippen LogP contribution >= 0.6 is 0 Å². The SMILES string of the molecule is CC(C)[C@@H]1CC[C@]2(C=O)CC[C@]3(C)C(CCC4[C@@]5(C)CC[C@H](O)C(C)(C)C5CC[C@]43C)C12. The first-order valence-electron chi connectivity index (χ1n) is 14.0. The van der Waals surface area contributed by atoms with Gasteiger partial charge in [0.15, 0.2) is 0 Å². The summed E-state index contributed by atoms with van der Waals surface area (Å²) in [6.07, 6.45) is 13.5. The Hall–Kier alpha value is -0.370. The molecular weight excluding hydrogens is 392 g/mol. The van der Waals surface area contributed by atoms with Crippen molar-refractivity contribution < 1.29 is 9.90 Å². The van der Waals surface area contributed by atoms with E-state index in [1.807, 2.05) is 0 Å². The highest BCUT2D eigenvalue weighted by molar-refractivity contribution is 5.61. The Bertz CT molecular complexity index is 771. The van der Waals surface area contributed by atoms with Gasteiger partial charge in [0.05, 0.1) is 6.10 Å². The number of carbonyl (C=O) groups is 1. The molecule has 0 aromatic heterocycles. The van der Waals surface area contributed by atoms with E-state index < -0.39 is 0 Å². The first-order chi connectivity index (χ1) is 14.9. The maximum absolute atomic E-state index is 12.6. The maximum atomic E-state index is 12.6. The van der Waals surface area contributed by atoms with Crippen molar-refractivity contribution in [3.05, 3.63) is 0 Å². The molecule has 0 amide bonds. The van der Waals surface area contributed by atoms with Crippen molar-refractivity contribution in [2.75, 3.05) is 0 Å². The van der Waals surface area contributed by atoms with Gasteiger partial charge < -0.3 is 9.90 Å². The van der Waals surface area contributed by atoms with E-state index in [2.05, 4.69) is 48.5 Å². The average molecular weight is 443 g/mol. The zero-order valence-corrected chi connectivity index (χ0v) is 22.0. The van der Waals surface area contributed by atoms with Crippen molar-refractivity contribution >= 4 is 6.29 Å². The predicted molar refractivity (Wildman–Crippen MR) is 131 cm³/mol. The summed E-state index contributed by atoms with van der Waals surface area (Å²) >= 11 is 0. The Kier molecular flexibility index (Phi) is 5.17. The van der Waals surface area contributed by atoms with Gasteiger partial charge in [0.2, 0.25) is 0 Å². The van der Waals surface area contributed by atoms with E-state index in [0.29, 0.717) is 39.9 Å². The molecule has 10 atom stereocenters.